The molecule has 1 saturated heterocycles. The van der Waals surface area contributed by atoms with E-state index in [-0.39, 0.29) is 57.0 Å². The molecule has 1 unspecified atom stereocenters. The molecule has 1 fully saturated rings. The third-order valence-electron chi connectivity index (χ3n) is 6.37. The minimum absolute atomic E-state index is 0.0208. The van der Waals surface area contributed by atoms with Crippen LogP contribution < -0.4 is 15.2 Å². The highest BCUT2D eigenvalue weighted by Gasteiger charge is 2.35. The Hall–Kier alpha value is -3.77. The monoisotopic (exact) mass is 538 g/mol. The molecular formula is C27H26N2O8S. The van der Waals surface area contributed by atoms with Crippen molar-refractivity contribution in [3.05, 3.63) is 76.9 Å². The fourth-order valence-electron chi connectivity index (χ4n) is 4.52. The van der Waals surface area contributed by atoms with Crippen LogP contribution in [0.25, 0.3) is 0 Å². The molecule has 0 saturated carbocycles. The van der Waals surface area contributed by atoms with E-state index in [1.165, 1.54) is 36.4 Å². The average Bonchev–Trinajstić information content (AvgIpc) is 3.23. The summed E-state index contributed by atoms with van der Waals surface area (Å²) in [7, 11) is -3.79. The van der Waals surface area contributed by atoms with Gasteiger partial charge in [0, 0.05) is 23.7 Å². The molecule has 11 heteroatoms. The summed E-state index contributed by atoms with van der Waals surface area (Å²) >= 11 is 0. The number of ether oxygens (including phenoxy) is 3. The second-order valence-corrected chi connectivity index (χ2v) is 11.2. The summed E-state index contributed by atoms with van der Waals surface area (Å²) in [5.74, 6) is -1.96. The van der Waals surface area contributed by atoms with Crippen LogP contribution in [0.1, 0.15) is 52.1 Å². The number of ketones is 2. The molecule has 198 valence electrons. The number of hydrogen-bond donors (Lipinski definition) is 3. The Balaban J connectivity index is 1.31. The maximum Gasteiger partial charge on any atom is 0.240 e. The predicted octanol–water partition coefficient (Wildman–Crippen LogP) is 3.36. The lowest BCUT2D eigenvalue weighted by Crippen LogP contribution is -2.28. The number of nitrogen functional groups attached to an aromatic ring is 1. The van der Waals surface area contributed by atoms with Crippen LogP contribution in [0, 0.1) is 0 Å². The maximum atomic E-state index is 13.1. The zero-order chi connectivity index (χ0) is 27.2. The van der Waals surface area contributed by atoms with E-state index in [0.29, 0.717) is 13.0 Å². The second kappa shape index (κ2) is 9.52. The molecule has 0 amide bonds. The van der Waals surface area contributed by atoms with Crippen LogP contribution >= 0.6 is 0 Å². The van der Waals surface area contributed by atoms with Gasteiger partial charge in [0.25, 0.3) is 0 Å². The fraction of sp³-hybridized carbons (Fsp3) is 0.259. The van der Waals surface area contributed by atoms with Crippen LogP contribution in [0.5, 0.6) is 17.2 Å². The second-order valence-electron chi connectivity index (χ2n) is 9.47. The van der Waals surface area contributed by atoms with Crippen molar-refractivity contribution in [1.29, 1.82) is 0 Å². The third kappa shape index (κ3) is 4.76. The molecule has 0 spiro atoms. The first-order valence-electron chi connectivity index (χ1n) is 11.9. The molecule has 0 radical (unpaired) electrons. The number of nitrogens with two attached hydrogens (primary N) is 1. The number of sulfonamides is 1. The van der Waals surface area contributed by atoms with Crippen LogP contribution in [0.15, 0.2) is 59.5 Å². The van der Waals surface area contributed by atoms with Gasteiger partial charge in [0.05, 0.1) is 34.4 Å². The lowest BCUT2D eigenvalue weighted by Gasteiger charge is -2.21. The first-order valence-corrected chi connectivity index (χ1v) is 13.4. The Labute approximate surface area is 219 Å². The molecule has 0 aromatic heterocycles. The largest absolute Gasteiger partial charge is 0.507 e. The normalized spacial score (nSPS) is 18.2. The maximum absolute atomic E-state index is 13.1. The van der Waals surface area contributed by atoms with Crippen molar-refractivity contribution in [2.75, 3.05) is 18.9 Å². The van der Waals surface area contributed by atoms with Crippen molar-refractivity contribution in [1.82, 2.24) is 4.72 Å². The van der Waals surface area contributed by atoms with Gasteiger partial charge in [-0.2, -0.15) is 0 Å². The third-order valence-corrected chi connectivity index (χ3v) is 7.84. The number of benzene rings is 3. The van der Waals surface area contributed by atoms with Crippen LogP contribution in [-0.4, -0.2) is 50.1 Å². The van der Waals surface area contributed by atoms with Gasteiger partial charge >= 0.3 is 0 Å². The van der Waals surface area contributed by atoms with Crippen molar-refractivity contribution < 1.29 is 37.3 Å². The molecule has 10 nitrogen and oxygen atoms in total. The summed E-state index contributed by atoms with van der Waals surface area (Å²) < 4.78 is 44.8. The van der Waals surface area contributed by atoms with E-state index in [2.05, 4.69) is 4.72 Å². The molecular weight excluding hydrogens is 512 g/mol. The van der Waals surface area contributed by atoms with Crippen LogP contribution in [-0.2, 0) is 19.5 Å². The topological polar surface area (TPSA) is 154 Å². The van der Waals surface area contributed by atoms with Gasteiger partial charge < -0.3 is 25.1 Å². The predicted molar refractivity (Wildman–Crippen MR) is 137 cm³/mol. The van der Waals surface area contributed by atoms with E-state index in [1.54, 1.807) is 26.0 Å². The summed E-state index contributed by atoms with van der Waals surface area (Å²) in [4.78, 5) is 26.0. The van der Waals surface area contributed by atoms with Crippen LogP contribution in [0.2, 0.25) is 0 Å². The molecule has 5 rings (SSSR count). The number of carbonyl (C=O) groups is 2. The Morgan fingerprint density at radius 3 is 2.29 bits per heavy atom. The standard InChI is InChI=1S/C27H26N2O8S/c1-27(2)35-14-16(37-27)11-12-29-38(33,34)17-9-7-15(8-10-17)36-21-13-20(30)22-23(24(21)28)26(32)19-6-4-3-5-18(19)25(22)31/h3-10,13,16,29-30H,11-12,14,28H2,1-2H3. The smallest absolute Gasteiger partial charge is 0.240 e. The van der Waals surface area contributed by atoms with Crippen molar-refractivity contribution >= 4 is 27.3 Å². The van der Waals surface area contributed by atoms with Gasteiger partial charge in [0.2, 0.25) is 10.0 Å². The van der Waals surface area contributed by atoms with E-state index >= 15 is 0 Å². The molecule has 3 aromatic rings. The number of nitrogens with one attached hydrogen (secondary N) is 1. The zero-order valence-corrected chi connectivity index (χ0v) is 21.5. The molecule has 3 aromatic carbocycles. The molecule has 2 aliphatic rings. The minimum atomic E-state index is -3.79. The fourth-order valence-corrected chi connectivity index (χ4v) is 5.56. The number of anilines is 1. The van der Waals surface area contributed by atoms with Crippen LogP contribution in [0.3, 0.4) is 0 Å². The van der Waals surface area contributed by atoms with E-state index in [9.17, 15) is 23.1 Å². The first kappa shape index (κ1) is 25.9. The summed E-state index contributed by atoms with van der Waals surface area (Å²) in [5.41, 5.74) is 6.18. The number of hydrogen-bond acceptors (Lipinski definition) is 9. The summed E-state index contributed by atoms with van der Waals surface area (Å²) in [6, 6.07) is 13.0. The van der Waals surface area contributed by atoms with Gasteiger partial charge in [-0.15, -0.1) is 0 Å². The highest BCUT2D eigenvalue weighted by molar-refractivity contribution is 7.89. The van der Waals surface area contributed by atoms with Crippen molar-refractivity contribution in [3.63, 3.8) is 0 Å². The minimum Gasteiger partial charge on any atom is -0.507 e. The lowest BCUT2D eigenvalue weighted by molar-refractivity contribution is -0.138. The van der Waals surface area contributed by atoms with E-state index in [0.717, 1.165) is 6.07 Å². The van der Waals surface area contributed by atoms with E-state index in [4.69, 9.17) is 19.9 Å². The summed E-state index contributed by atoms with van der Waals surface area (Å²) in [6.07, 6.45) is 0.258. The molecule has 38 heavy (non-hydrogen) atoms. The first-order chi connectivity index (χ1) is 18.0. The van der Waals surface area contributed by atoms with Gasteiger partial charge in [-0.25, -0.2) is 13.1 Å². The number of phenolic OH excluding ortho intramolecular Hbond substituents is 1. The quantitative estimate of drug-likeness (QED) is 0.237. The Morgan fingerprint density at radius 2 is 1.68 bits per heavy atom. The van der Waals surface area contributed by atoms with E-state index in [1.807, 2.05) is 0 Å². The molecule has 1 aliphatic heterocycles. The van der Waals surface area contributed by atoms with Crippen molar-refractivity contribution in [2.45, 2.75) is 37.1 Å². The summed E-state index contributed by atoms with van der Waals surface area (Å²) in [5, 5.41) is 10.6. The molecule has 4 N–H and O–H groups in total. The molecule has 1 atom stereocenters. The Kier molecular flexibility index (Phi) is 6.48. The number of rotatable bonds is 7. The average molecular weight is 539 g/mol. The molecule has 1 aliphatic carbocycles. The number of phenols is 1. The molecule has 0 bridgehead atoms. The van der Waals surface area contributed by atoms with Gasteiger partial charge in [-0.3, -0.25) is 9.59 Å². The number of aromatic hydroxyl groups is 1. The van der Waals surface area contributed by atoms with Crippen molar-refractivity contribution in [2.24, 2.45) is 0 Å². The van der Waals surface area contributed by atoms with Gasteiger partial charge in [-0.05, 0) is 44.5 Å². The van der Waals surface area contributed by atoms with E-state index < -0.39 is 33.1 Å². The SMILES string of the molecule is CC1(C)OCC(CCNS(=O)(=O)c2ccc(Oc3cc(O)c4c(c3N)C(=O)c3ccccc3C4=O)cc2)O1. The van der Waals surface area contributed by atoms with Gasteiger partial charge in [0.1, 0.15) is 11.5 Å². The molecule has 1 heterocycles. The Bertz CT molecular complexity index is 1550. The Morgan fingerprint density at radius 1 is 1.05 bits per heavy atom. The van der Waals surface area contributed by atoms with Crippen molar-refractivity contribution in [3.8, 4) is 17.2 Å². The number of carbonyl (C=O) groups excluding carboxylic acids is 2. The van der Waals surface area contributed by atoms with Gasteiger partial charge in [0.15, 0.2) is 23.1 Å². The zero-order valence-electron chi connectivity index (χ0n) is 20.7. The summed E-state index contributed by atoms with van der Waals surface area (Å²) in [6.45, 7) is 4.17. The van der Waals surface area contributed by atoms with Gasteiger partial charge in [-0.1, -0.05) is 24.3 Å². The highest BCUT2D eigenvalue weighted by atomic mass is 32.2. The highest BCUT2D eigenvalue weighted by Crippen LogP contribution is 2.42. The lowest BCUT2D eigenvalue weighted by atomic mass is 9.82. The number of fused-ring (bicyclic) bond motifs is 2. The van der Waals surface area contributed by atoms with Crippen LogP contribution in [0.4, 0.5) is 5.69 Å².